The maximum Gasteiger partial charge on any atom is 0.0325 e. The first-order valence-electron chi connectivity index (χ1n) is 7.71. The van der Waals surface area contributed by atoms with Gasteiger partial charge in [0.2, 0.25) is 0 Å². The van der Waals surface area contributed by atoms with Crippen molar-refractivity contribution in [2.75, 3.05) is 7.05 Å². The third-order valence-corrected chi connectivity index (χ3v) is 5.55. The van der Waals surface area contributed by atoms with Crippen LogP contribution in [0.4, 0.5) is 0 Å². The van der Waals surface area contributed by atoms with Crippen molar-refractivity contribution in [3.05, 3.63) is 33.4 Å². The fraction of sp³-hybridized carbons (Fsp3) is 0.667. The summed E-state index contributed by atoms with van der Waals surface area (Å²) in [5.41, 5.74) is 8.99. The van der Waals surface area contributed by atoms with Crippen molar-refractivity contribution in [3.8, 4) is 0 Å². The summed E-state index contributed by atoms with van der Waals surface area (Å²) in [5.74, 6) is 0.943. The molecule has 1 unspecified atom stereocenters. The highest BCUT2D eigenvalue weighted by atomic mass is 14.9. The van der Waals surface area contributed by atoms with Crippen molar-refractivity contribution in [2.45, 2.75) is 66.3 Å². The maximum atomic E-state index is 3.57. The average Bonchev–Trinajstić information content (AvgIpc) is 2.35. The Morgan fingerprint density at radius 1 is 0.895 bits per heavy atom. The number of hydrogen-bond donors (Lipinski definition) is 1. The zero-order valence-corrected chi connectivity index (χ0v) is 13.5. The van der Waals surface area contributed by atoms with Crippen LogP contribution in [0.5, 0.6) is 0 Å². The molecule has 0 aliphatic heterocycles. The van der Waals surface area contributed by atoms with Crippen molar-refractivity contribution in [1.82, 2.24) is 5.32 Å². The molecule has 1 aliphatic carbocycles. The van der Waals surface area contributed by atoms with Gasteiger partial charge in [-0.3, -0.25) is 0 Å². The normalized spacial score (nSPS) is 17.4. The standard InChI is InChI=1S/C18H29N/c1-11-12(2)14(4)18(15(5)13(11)3)17(19-6)10-16-8-7-9-16/h16-17,19H,7-10H2,1-6H3. The van der Waals surface area contributed by atoms with Crippen LogP contribution in [0.1, 0.15) is 65.1 Å². The van der Waals surface area contributed by atoms with Gasteiger partial charge in [0.25, 0.3) is 0 Å². The predicted molar refractivity (Wildman–Crippen MR) is 83.9 cm³/mol. The van der Waals surface area contributed by atoms with E-state index in [1.807, 2.05) is 0 Å². The molecule has 0 spiro atoms. The van der Waals surface area contributed by atoms with Crippen molar-refractivity contribution in [3.63, 3.8) is 0 Å². The maximum absolute atomic E-state index is 3.57. The summed E-state index contributed by atoms with van der Waals surface area (Å²) in [6.45, 7) is 11.4. The van der Waals surface area contributed by atoms with Crippen LogP contribution in [0, 0.1) is 40.5 Å². The minimum absolute atomic E-state index is 0.531. The Hall–Kier alpha value is -0.820. The first kappa shape index (κ1) is 14.6. The Bertz CT molecular complexity index is 440. The largest absolute Gasteiger partial charge is 0.313 e. The molecular weight excluding hydrogens is 230 g/mol. The highest BCUT2D eigenvalue weighted by Crippen LogP contribution is 2.38. The first-order valence-corrected chi connectivity index (χ1v) is 7.71. The second-order valence-electron chi connectivity index (χ2n) is 6.41. The van der Waals surface area contributed by atoms with Crippen LogP contribution in [-0.4, -0.2) is 7.05 Å². The Labute approximate surface area is 118 Å². The van der Waals surface area contributed by atoms with Crippen molar-refractivity contribution >= 4 is 0 Å². The van der Waals surface area contributed by atoms with Crippen LogP contribution in [0.25, 0.3) is 0 Å². The summed E-state index contributed by atoms with van der Waals surface area (Å²) in [6, 6.07) is 0.531. The Morgan fingerprint density at radius 3 is 1.74 bits per heavy atom. The second kappa shape index (κ2) is 5.66. The van der Waals surface area contributed by atoms with E-state index in [4.69, 9.17) is 0 Å². The lowest BCUT2D eigenvalue weighted by Crippen LogP contribution is -2.25. The highest BCUT2D eigenvalue weighted by molar-refractivity contribution is 5.50. The molecule has 0 amide bonds. The van der Waals surface area contributed by atoms with Gasteiger partial charge in [-0.25, -0.2) is 0 Å². The topological polar surface area (TPSA) is 12.0 Å². The van der Waals surface area contributed by atoms with E-state index >= 15 is 0 Å². The summed E-state index contributed by atoms with van der Waals surface area (Å²) >= 11 is 0. The fourth-order valence-electron chi connectivity index (χ4n) is 3.49. The van der Waals surface area contributed by atoms with Crippen LogP contribution < -0.4 is 5.32 Å². The lowest BCUT2D eigenvalue weighted by Gasteiger charge is -2.32. The van der Waals surface area contributed by atoms with Gasteiger partial charge in [-0.2, -0.15) is 0 Å². The van der Waals surface area contributed by atoms with E-state index in [2.05, 4.69) is 47.0 Å². The molecule has 1 fully saturated rings. The number of rotatable bonds is 4. The van der Waals surface area contributed by atoms with Gasteiger partial charge in [0, 0.05) is 6.04 Å². The van der Waals surface area contributed by atoms with Crippen LogP contribution in [0.15, 0.2) is 0 Å². The van der Waals surface area contributed by atoms with Gasteiger partial charge in [-0.1, -0.05) is 19.3 Å². The molecule has 1 atom stereocenters. The molecule has 19 heavy (non-hydrogen) atoms. The lowest BCUT2D eigenvalue weighted by molar-refractivity contribution is 0.265. The quantitative estimate of drug-likeness (QED) is 0.828. The minimum Gasteiger partial charge on any atom is -0.313 e. The van der Waals surface area contributed by atoms with E-state index in [1.165, 1.54) is 53.5 Å². The van der Waals surface area contributed by atoms with E-state index in [0.717, 1.165) is 5.92 Å². The summed E-state index contributed by atoms with van der Waals surface area (Å²) in [6.07, 6.45) is 5.60. The third-order valence-electron chi connectivity index (χ3n) is 5.55. The van der Waals surface area contributed by atoms with Crippen LogP contribution in [-0.2, 0) is 0 Å². The highest BCUT2D eigenvalue weighted by Gasteiger charge is 2.25. The van der Waals surface area contributed by atoms with Gasteiger partial charge in [-0.05, 0) is 87.4 Å². The Kier molecular flexibility index (Phi) is 4.35. The van der Waals surface area contributed by atoms with E-state index in [9.17, 15) is 0 Å². The Morgan fingerprint density at radius 2 is 1.37 bits per heavy atom. The third kappa shape index (κ3) is 2.58. The van der Waals surface area contributed by atoms with Crippen molar-refractivity contribution < 1.29 is 0 Å². The number of nitrogens with one attached hydrogen (secondary N) is 1. The van der Waals surface area contributed by atoms with Gasteiger partial charge < -0.3 is 5.32 Å². The first-order chi connectivity index (χ1) is 8.97. The van der Waals surface area contributed by atoms with E-state index in [-0.39, 0.29) is 0 Å². The molecule has 1 N–H and O–H groups in total. The van der Waals surface area contributed by atoms with E-state index in [1.54, 1.807) is 5.56 Å². The molecule has 0 heterocycles. The van der Waals surface area contributed by atoms with Crippen LogP contribution >= 0.6 is 0 Å². The molecule has 2 rings (SSSR count). The molecule has 1 aromatic carbocycles. The second-order valence-corrected chi connectivity index (χ2v) is 6.41. The van der Waals surface area contributed by atoms with Gasteiger partial charge in [0.1, 0.15) is 0 Å². The molecule has 1 aromatic rings. The monoisotopic (exact) mass is 259 g/mol. The molecule has 0 aromatic heterocycles. The lowest BCUT2D eigenvalue weighted by atomic mass is 9.77. The van der Waals surface area contributed by atoms with Gasteiger partial charge in [-0.15, -0.1) is 0 Å². The van der Waals surface area contributed by atoms with E-state index in [0.29, 0.717) is 6.04 Å². The summed E-state index contributed by atoms with van der Waals surface area (Å²) in [4.78, 5) is 0. The SMILES string of the molecule is CNC(CC1CCC1)c1c(C)c(C)c(C)c(C)c1C. The minimum atomic E-state index is 0.531. The summed E-state index contributed by atoms with van der Waals surface area (Å²) in [5, 5.41) is 3.57. The molecule has 106 valence electrons. The number of hydrogen-bond acceptors (Lipinski definition) is 1. The zero-order chi connectivity index (χ0) is 14.2. The molecular formula is C18H29N. The molecule has 1 nitrogen and oxygen atoms in total. The average molecular weight is 259 g/mol. The fourth-order valence-corrected chi connectivity index (χ4v) is 3.49. The molecule has 1 heteroatoms. The molecule has 0 radical (unpaired) electrons. The van der Waals surface area contributed by atoms with Crippen molar-refractivity contribution in [2.24, 2.45) is 5.92 Å². The number of benzene rings is 1. The summed E-state index contributed by atoms with van der Waals surface area (Å²) < 4.78 is 0. The van der Waals surface area contributed by atoms with Crippen LogP contribution in [0.3, 0.4) is 0 Å². The van der Waals surface area contributed by atoms with Crippen LogP contribution in [0.2, 0.25) is 0 Å². The Balaban J connectivity index is 2.41. The smallest absolute Gasteiger partial charge is 0.0325 e. The predicted octanol–water partition coefficient (Wildman–Crippen LogP) is 4.68. The van der Waals surface area contributed by atoms with Crippen molar-refractivity contribution in [1.29, 1.82) is 0 Å². The van der Waals surface area contributed by atoms with Gasteiger partial charge in [0.15, 0.2) is 0 Å². The summed E-state index contributed by atoms with van der Waals surface area (Å²) in [7, 11) is 2.12. The van der Waals surface area contributed by atoms with Gasteiger partial charge in [0.05, 0.1) is 0 Å². The van der Waals surface area contributed by atoms with E-state index < -0.39 is 0 Å². The molecule has 1 saturated carbocycles. The molecule has 1 aliphatic rings. The molecule has 0 saturated heterocycles. The zero-order valence-electron chi connectivity index (χ0n) is 13.5. The van der Waals surface area contributed by atoms with Gasteiger partial charge >= 0.3 is 0 Å². The molecule has 0 bridgehead atoms.